The second kappa shape index (κ2) is 7.67. The number of hydrogen-bond acceptors (Lipinski definition) is 4. The Kier molecular flexibility index (Phi) is 7.37. The smallest absolute Gasteiger partial charge is 0.451 e. The second-order valence-electron chi connectivity index (χ2n) is 3.82. The Morgan fingerprint density at radius 3 is 2.40 bits per heavy atom. The summed E-state index contributed by atoms with van der Waals surface area (Å²) in [5.41, 5.74) is 5.54. The lowest BCUT2D eigenvalue weighted by molar-refractivity contribution is -0.140. The summed E-state index contributed by atoms with van der Waals surface area (Å²) in [6, 6.07) is -0.846. The highest BCUT2D eigenvalue weighted by Gasteiger charge is 2.23. The van der Waals surface area contributed by atoms with Crippen molar-refractivity contribution in [1.29, 1.82) is 0 Å². The average Bonchev–Trinajstić information content (AvgIpc) is 2.14. The molecule has 0 rings (SSSR count). The van der Waals surface area contributed by atoms with Crippen LogP contribution in [0.3, 0.4) is 0 Å². The highest BCUT2D eigenvalue weighted by molar-refractivity contribution is 6.40. The molecule has 6 heteroatoms. The van der Waals surface area contributed by atoms with E-state index in [9.17, 15) is 4.79 Å². The van der Waals surface area contributed by atoms with E-state index in [0.717, 1.165) is 12.8 Å². The van der Waals surface area contributed by atoms with E-state index in [4.69, 9.17) is 20.9 Å². The number of hydrogen-bond donors (Lipinski definition) is 4. The summed E-state index contributed by atoms with van der Waals surface area (Å²) >= 11 is 0. The zero-order chi connectivity index (χ0) is 11.8. The summed E-state index contributed by atoms with van der Waals surface area (Å²) in [5, 5.41) is 26.1. The van der Waals surface area contributed by atoms with Crippen LogP contribution >= 0.6 is 0 Å². The van der Waals surface area contributed by atoms with Gasteiger partial charge in [-0.25, -0.2) is 0 Å². The molecule has 0 saturated heterocycles. The number of carbonyl (C=O) groups is 1. The number of aliphatic carboxylic acids is 1. The molecule has 0 radical (unpaired) electrons. The number of rotatable bonds is 8. The van der Waals surface area contributed by atoms with E-state index in [0.29, 0.717) is 12.8 Å². The molecule has 0 aromatic heterocycles. The maximum Gasteiger partial charge on any atom is 0.451 e. The first-order valence-electron chi connectivity index (χ1n) is 5.33. The third kappa shape index (κ3) is 6.49. The Balaban J connectivity index is 3.98. The molecule has 0 heterocycles. The van der Waals surface area contributed by atoms with Crippen molar-refractivity contribution in [2.24, 2.45) is 11.7 Å². The minimum Gasteiger partial charge on any atom is -0.480 e. The Morgan fingerprint density at radius 1 is 1.40 bits per heavy atom. The van der Waals surface area contributed by atoms with Gasteiger partial charge in [0.05, 0.1) is 0 Å². The van der Waals surface area contributed by atoms with Crippen LogP contribution in [0.5, 0.6) is 0 Å². The maximum atomic E-state index is 10.7. The molecule has 88 valence electrons. The fraction of sp³-hybridized carbons (Fsp3) is 0.889. The SMILES string of the molecule is CCC[C@@H](CCCB(O)O)[C@H](N)C(=O)O. The molecule has 0 saturated carbocycles. The van der Waals surface area contributed by atoms with E-state index in [1.165, 1.54) is 0 Å². The van der Waals surface area contributed by atoms with Crippen LogP contribution in [-0.2, 0) is 4.79 Å². The monoisotopic (exact) mass is 217 g/mol. The average molecular weight is 217 g/mol. The molecule has 0 bridgehead atoms. The van der Waals surface area contributed by atoms with Crippen molar-refractivity contribution >= 4 is 13.1 Å². The van der Waals surface area contributed by atoms with Gasteiger partial charge >= 0.3 is 13.1 Å². The largest absolute Gasteiger partial charge is 0.480 e. The van der Waals surface area contributed by atoms with Crippen molar-refractivity contribution in [2.45, 2.75) is 45.0 Å². The molecule has 5 N–H and O–H groups in total. The molecule has 0 aliphatic rings. The summed E-state index contributed by atoms with van der Waals surface area (Å²) in [6.45, 7) is 1.97. The minimum absolute atomic E-state index is 0.0775. The zero-order valence-electron chi connectivity index (χ0n) is 9.09. The Morgan fingerprint density at radius 2 is 2.00 bits per heavy atom. The van der Waals surface area contributed by atoms with Crippen molar-refractivity contribution in [1.82, 2.24) is 0 Å². The van der Waals surface area contributed by atoms with Gasteiger partial charge in [-0.1, -0.05) is 19.8 Å². The van der Waals surface area contributed by atoms with Gasteiger partial charge in [-0.2, -0.15) is 0 Å². The first-order valence-corrected chi connectivity index (χ1v) is 5.33. The van der Waals surface area contributed by atoms with E-state index in [-0.39, 0.29) is 12.2 Å². The molecule has 0 unspecified atom stereocenters. The summed E-state index contributed by atoms with van der Waals surface area (Å²) in [6.07, 6.45) is 3.12. The molecule has 0 fully saturated rings. The molecule has 0 aromatic carbocycles. The maximum absolute atomic E-state index is 10.7. The van der Waals surface area contributed by atoms with Crippen molar-refractivity contribution < 1.29 is 19.9 Å². The lowest BCUT2D eigenvalue weighted by Crippen LogP contribution is -2.38. The van der Waals surface area contributed by atoms with Gasteiger partial charge in [0.25, 0.3) is 0 Å². The van der Waals surface area contributed by atoms with Crippen LogP contribution in [0, 0.1) is 5.92 Å². The van der Waals surface area contributed by atoms with Gasteiger partial charge in [-0.15, -0.1) is 0 Å². The highest BCUT2D eigenvalue weighted by atomic mass is 16.4. The van der Waals surface area contributed by atoms with E-state index in [2.05, 4.69) is 0 Å². The molecule has 0 aromatic rings. The van der Waals surface area contributed by atoms with Crippen LogP contribution in [0.25, 0.3) is 0 Å². The minimum atomic E-state index is -1.31. The first kappa shape index (κ1) is 14.4. The molecular formula is C9H20BNO4. The predicted octanol–water partition coefficient (Wildman–Crippen LogP) is 0.0676. The Hall–Kier alpha value is -0.585. The van der Waals surface area contributed by atoms with Crippen LogP contribution < -0.4 is 5.73 Å². The lowest BCUT2D eigenvalue weighted by atomic mass is 9.80. The summed E-state index contributed by atoms with van der Waals surface area (Å²) in [5.74, 6) is -1.07. The van der Waals surface area contributed by atoms with Crippen LogP contribution in [0.2, 0.25) is 6.32 Å². The van der Waals surface area contributed by atoms with Gasteiger partial charge in [-0.3, -0.25) is 4.79 Å². The fourth-order valence-corrected chi connectivity index (χ4v) is 1.64. The molecule has 2 atom stereocenters. The number of carboxylic acid groups (broad SMARTS) is 1. The van der Waals surface area contributed by atoms with E-state index < -0.39 is 19.1 Å². The topological polar surface area (TPSA) is 104 Å². The van der Waals surface area contributed by atoms with E-state index in [1.54, 1.807) is 0 Å². The lowest BCUT2D eigenvalue weighted by Gasteiger charge is -2.19. The third-order valence-corrected chi connectivity index (χ3v) is 2.49. The Labute approximate surface area is 90.4 Å². The molecule has 0 amide bonds. The van der Waals surface area contributed by atoms with E-state index >= 15 is 0 Å². The third-order valence-electron chi connectivity index (χ3n) is 2.49. The fourth-order valence-electron chi connectivity index (χ4n) is 1.64. The van der Waals surface area contributed by atoms with Gasteiger partial charge in [0, 0.05) is 0 Å². The highest BCUT2D eigenvalue weighted by Crippen LogP contribution is 2.18. The normalized spacial score (nSPS) is 14.7. The summed E-state index contributed by atoms with van der Waals surface area (Å²) in [7, 11) is -1.31. The second-order valence-corrected chi connectivity index (χ2v) is 3.82. The van der Waals surface area contributed by atoms with Crippen LogP contribution in [0.15, 0.2) is 0 Å². The molecule has 5 nitrogen and oxygen atoms in total. The van der Waals surface area contributed by atoms with Crippen molar-refractivity contribution in [3.63, 3.8) is 0 Å². The molecule has 0 aliphatic heterocycles. The number of nitrogens with two attached hydrogens (primary N) is 1. The van der Waals surface area contributed by atoms with Gasteiger partial charge in [0.15, 0.2) is 0 Å². The van der Waals surface area contributed by atoms with E-state index in [1.807, 2.05) is 6.92 Å². The summed E-state index contributed by atoms with van der Waals surface area (Å²) in [4.78, 5) is 10.7. The quantitative estimate of drug-likeness (QED) is 0.430. The van der Waals surface area contributed by atoms with Crippen molar-refractivity contribution in [2.75, 3.05) is 0 Å². The van der Waals surface area contributed by atoms with Gasteiger partial charge < -0.3 is 20.9 Å². The standard InChI is InChI=1S/C9H20BNO4/c1-2-4-7(8(11)9(12)13)5-3-6-10(14)15/h7-8,14-15H,2-6,11H2,1H3,(H,12,13)/t7-,8-/m0/s1. The van der Waals surface area contributed by atoms with Crippen LogP contribution in [0.4, 0.5) is 0 Å². The van der Waals surface area contributed by atoms with Crippen LogP contribution in [-0.4, -0.2) is 34.3 Å². The van der Waals surface area contributed by atoms with Crippen LogP contribution in [0.1, 0.15) is 32.6 Å². The van der Waals surface area contributed by atoms with Crippen molar-refractivity contribution in [3.05, 3.63) is 0 Å². The van der Waals surface area contributed by atoms with Crippen molar-refractivity contribution in [3.8, 4) is 0 Å². The van der Waals surface area contributed by atoms with Gasteiger partial charge in [-0.05, 0) is 25.1 Å². The molecule has 0 spiro atoms. The molecule has 0 aliphatic carbocycles. The number of carboxylic acids is 1. The van der Waals surface area contributed by atoms with Gasteiger partial charge in [0.1, 0.15) is 6.04 Å². The Bertz CT molecular complexity index is 189. The summed E-state index contributed by atoms with van der Waals surface area (Å²) < 4.78 is 0. The zero-order valence-corrected chi connectivity index (χ0v) is 9.09. The molecular weight excluding hydrogens is 197 g/mol. The molecule has 15 heavy (non-hydrogen) atoms. The van der Waals surface area contributed by atoms with Gasteiger partial charge in [0.2, 0.25) is 0 Å². The predicted molar refractivity (Wildman–Crippen MR) is 58.2 cm³/mol. The first-order chi connectivity index (χ1) is 6.99.